The average Bonchev–Trinajstić information content (AvgIpc) is 3.15. The van der Waals surface area contributed by atoms with E-state index in [1.807, 2.05) is 24.7 Å². The summed E-state index contributed by atoms with van der Waals surface area (Å²) in [5, 5.41) is 6.60. The number of aryl methyl sites for hydroxylation is 2. The third-order valence-electron chi connectivity index (χ3n) is 4.32. The van der Waals surface area contributed by atoms with Crippen LogP contribution in [-0.4, -0.2) is 21.4 Å². The van der Waals surface area contributed by atoms with E-state index in [0.29, 0.717) is 23.5 Å². The molecule has 0 unspecified atom stereocenters. The third-order valence-corrected chi connectivity index (χ3v) is 5.52. The van der Waals surface area contributed by atoms with Gasteiger partial charge in [0.1, 0.15) is 5.00 Å². The minimum absolute atomic E-state index is 0.0279. The third kappa shape index (κ3) is 4.10. The minimum atomic E-state index is -0.128. The molecule has 0 atom stereocenters. The van der Waals surface area contributed by atoms with Crippen LogP contribution in [0, 0.1) is 0 Å². The van der Waals surface area contributed by atoms with Crippen LogP contribution in [0.3, 0.4) is 0 Å². The number of imidazole rings is 1. The second-order valence-electron chi connectivity index (χ2n) is 6.43. The summed E-state index contributed by atoms with van der Waals surface area (Å²) in [7, 11) is 1.90. The van der Waals surface area contributed by atoms with Crippen molar-refractivity contribution in [1.29, 1.82) is 0 Å². The van der Waals surface area contributed by atoms with Crippen molar-refractivity contribution in [2.75, 3.05) is 5.32 Å². The Hall–Kier alpha value is -2.15. The zero-order valence-electron chi connectivity index (χ0n) is 14.7. The van der Waals surface area contributed by atoms with Gasteiger partial charge in [-0.05, 0) is 37.7 Å². The molecule has 0 fully saturated rings. The van der Waals surface area contributed by atoms with Gasteiger partial charge in [0, 0.05) is 24.5 Å². The van der Waals surface area contributed by atoms with Gasteiger partial charge < -0.3 is 15.2 Å². The maximum absolute atomic E-state index is 12.8. The van der Waals surface area contributed by atoms with E-state index in [2.05, 4.69) is 15.6 Å². The highest BCUT2D eigenvalue weighted by Crippen LogP contribution is 2.38. The monoisotopic (exact) mass is 360 g/mol. The van der Waals surface area contributed by atoms with E-state index in [-0.39, 0.29) is 11.8 Å². The van der Waals surface area contributed by atoms with E-state index in [0.717, 1.165) is 43.4 Å². The maximum Gasteiger partial charge on any atom is 0.254 e. The first kappa shape index (κ1) is 17.7. The smallest absolute Gasteiger partial charge is 0.254 e. The molecule has 3 rings (SSSR count). The molecule has 0 aromatic carbocycles. The van der Waals surface area contributed by atoms with E-state index in [1.54, 1.807) is 17.7 Å². The van der Waals surface area contributed by atoms with Gasteiger partial charge in [-0.2, -0.15) is 0 Å². The first-order valence-electron chi connectivity index (χ1n) is 8.78. The predicted octanol–water partition coefficient (Wildman–Crippen LogP) is 3.03. The Kier molecular flexibility index (Phi) is 5.53. The van der Waals surface area contributed by atoms with Gasteiger partial charge in [-0.15, -0.1) is 11.3 Å². The Morgan fingerprint density at radius 2 is 2.12 bits per heavy atom. The lowest BCUT2D eigenvalue weighted by Gasteiger charge is -2.13. The number of anilines is 1. The van der Waals surface area contributed by atoms with E-state index >= 15 is 0 Å². The molecule has 2 aromatic heterocycles. The molecule has 134 valence electrons. The second kappa shape index (κ2) is 7.82. The van der Waals surface area contributed by atoms with Crippen molar-refractivity contribution in [3.05, 3.63) is 34.2 Å². The van der Waals surface area contributed by atoms with Gasteiger partial charge in [0.05, 0.1) is 24.1 Å². The summed E-state index contributed by atoms with van der Waals surface area (Å²) in [6, 6.07) is 0. The predicted molar refractivity (Wildman–Crippen MR) is 98.9 cm³/mol. The van der Waals surface area contributed by atoms with Crippen LogP contribution in [0.2, 0.25) is 0 Å². The van der Waals surface area contributed by atoms with Crippen molar-refractivity contribution in [2.45, 2.75) is 52.0 Å². The molecule has 0 aliphatic heterocycles. The topological polar surface area (TPSA) is 76.0 Å². The van der Waals surface area contributed by atoms with Crippen molar-refractivity contribution < 1.29 is 9.59 Å². The Morgan fingerprint density at radius 1 is 1.32 bits per heavy atom. The molecule has 1 aliphatic carbocycles. The normalized spacial score (nSPS) is 13.4. The van der Waals surface area contributed by atoms with E-state index in [1.165, 1.54) is 4.88 Å². The molecule has 0 bridgehead atoms. The summed E-state index contributed by atoms with van der Waals surface area (Å²) >= 11 is 1.56. The molecule has 2 amide bonds. The molecule has 2 aromatic rings. The quantitative estimate of drug-likeness (QED) is 0.831. The lowest BCUT2D eigenvalue weighted by atomic mass is 9.95. The number of thiophene rings is 1. The number of aromatic nitrogens is 2. The fourth-order valence-corrected chi connectivity index (χ4v) is 4.43. The van der Waals surface area contributed by atoms with Crippen LogP contribution in [0.25, 0.3) is 0 Å². The molecule has 25 heavy (non-hydrogen) atoms. The number of amides is 2. The first-order valence-corrected chi connectivity index (χ1v) is 9.59. The average molecular weight is 360 g/mol. The lowest BCUT2D eigenvalue weighted by Crippen LogP contribution is -2.25. The Bertz CT molecular complexity index is 778. The standard InChI is InChI=1S/C18H24N4O2S/c1-3-6-15(23)21-18-16(13-7-4-5-8-14(13)25-18)17(24)19-9-12-10-22(2)11-20-12/h10-11H,3-9H2,1-2H3,(H,19,24)(H,21,23). The molecular weight excluding hydrogens is 336 g/mol. The van der Waals surface area contributed by atoms with Crippen LogP contribution in [-0.2, 0) is 31.2 Å². The van der Waals surface area contributed by atoms with Gasteiger partial charge >= 0.3 is 0 Å². The highest BCUT2D eigenvalue weighted by molar-refractivity contribution is 7.17. The van der Waals surface area contributed by atoms with Crippen LogP contribution in [0.15, 0.2) is 12.5 Å². The molecule has 6 nitrogen and oxygen atoms in total. The van der Waals surface area contributed by atoms with Gasteiger partial charge in [0.2, 0.25) is 5.91 Å². The summed E-state index contributed by atoms with van der Waals surface area (Å²) in [5.41, 5.74) is 2.58. The first-order chi connectivity index (χ1) is 12.1. The number of carbonyl (C=O) groups excluding carboxylic acids is 2. The number of nitrogens with zero attached hydrogens (tertiary/aromatic N) is 2. The van der Waals surface area contributed by atoms with Crippen LogP contribution in [0.4, 0.5) is 5.00 Å². The van der Waals surface area contributed by atoms with Crippen molar-refractivity contribution in [3.8, 4) is 0 Å². The Morgan fingerprint density at radius 3 is 2.84 bits per heavy atom. The summed E-state index contributed by atoms with van der Waals surface area (Å²) in [4.78, 5) is 30.3. The molecular formula is C18H24N4O2S. The number of carbonyl (C=O) groups is 2. The summed E-state index contributed by atoms with van der Waals surface area (Å²) in [6.45, 7) is 2.35. The SMILES string of the molecule is CCCC(=O)Nc1sc2c(c1C(=O)NCc1cn(C)cn1)CCCC2. The fourth-order valence-electron chi connectivity index (χ4n) is 3.13. The fraction of sp³-hybridized carbons (Fsp3) is 0.500. The highest BCUT2D eigenvalue weighted by atomic mass is 32.1. The van der Waals surface area contributed by atoms with Crippen molar-refractivity contribution in [1.82, 2.24) is 14.9 Å². The summed E-state index contributed by atoms with van der Waals surface area (Å²) in [6.07, 6.45) is 8.98. The van der Waals surface area contributed by atoms with Crippen molar-refractivity contribution in [3.63, 3.8) is 0 Å². The zero-order valence-corrected chi connectivity index (χ0v) is 15.5. The van der Waals surface area contributed by atoms with Crippen molar-refractivity contribution >= 4 is 28.2 Å². The number of hydrogen-bond acceptors (Lipinski definition) is 4. The van der Waals surface area contributed by atoms with Gasteiger partial charge in [0.15, 0.2) is 0 Å². The van der Waals surface area contributed by atoms with Crippen LogP contribution >= 0.6 is 11.3 Å². The molecule has 7 heteroatoms. The van der Waals surface area contributed by atoms with E-state index < -0.39 is 0 Å². The second-order valence-corrected chi connectivity index (χ2v) is 7.53. The van der Waals surface area contributed by atoms with Crippen LogP contribution in [0.1, 0.15) is 59.1 Å². The molecule has 0 radical (unpaired) electrons. The molecule has 1 aliphatic rings. The molecule has 0 saturated carbocycles. The number of hydrogen-bond donors (Lipinski definition) is 2. The molecule has 0 spiro atoms. The Labute approximate surface area is 151 Å². The minimum Gasteiger partial charge on any atom is -0.346 e. The maximum atomic E-state index is 12.8. The number of rotatable bonds is 6. The number of nitrogens with one attached hydrogen (secondary N) is 2. The largest absolute Gasteiger partial charge is 0.346 e. The lowest BCUT2D eigenvalue weighted by molar-refractivity contribution is -0.116. The molecule has 0 saturated heterocycles. The zero-order chi connectivity index (χ0) is 17.8. The van der Waals surface area contributed by atoms with Gasteiger partial charge in [-0.1, -0.05) is 6.92 Å². The van der Waals surface area contributed by atoms with Gasteiger partial charge in [-0.25, -0.2) is 4.98 Å². The van der Waals surface area contributed by atoms with Crippen LogP contribution < -0.4 is 10.6 Å². The van der Waals surface area contributed by atoms with Crippen molar-refractivity contribution in [2.24, 2.45) is 7.05 Å². The molecule has 2 N–H and O–H groups in total. The van der Waals surface area contributed by atoms with E-state index in [9.17, 15) is 9.59 Å². The van der Waals surface area contributed by atoms with E-state index in [4.69, 9.17) is 0 Å². The summed E-state index contributed by atoms with van der Waals surface area (Å²) < 4.78 is 1.85. The van der Waals surface area contributed by atoms with Gasteiger partial charge in [0.25, 0.3) is 5.91 Å². The highest BCUT2D eigenvalue weighted by Gasteiger charge is 2.26. The van der Waals surface area contributed by atoms with Gasteiger partial charge in [-0.3, -0.25) is 9.59 Å². The Balaban J connectivity index is 1.80. The summed E-state index contributed by atoms with van der Waals surface area (Å²) in [5.74, 6) is -0.156. The molecule has 2 heterocycles. The number of fused-ring (bicyclic) bond motifs is 1. The van der Waals surface area contributed by atoms with Crippen LogP contribution in [0.5, 0.6) is 0 Å².